The van der Waals surface area contributed by atoms with E-state index in [1.54, 1.807) is 7.11 Å². The molecule has 2 N–H and O–H groups in total. The first kappa shape index (κ1) is 13.9. The normalized spacial score (nSPS) is 19.5. The molecule has 0 saturated carbocycles. The molecule has 1 atom stereocenters. The summed E-state index contributed by atoms with van der Waals surface area (Å²) in [6.07, 6.45) is 4.83. The fourth-order valence-electron chi connectivity index (χ4n) is 2.26. The van der Waals surface area contributed by atoms with Gasteiger partial charge in [-0.1, -0.05) is 6.92 Å². The van der Waals surface area contributed by atoms with Crippen molar-refractivity contribution in [1.29, 1.82) is 0 Å². The Morgan fingerprint density at radius 3 is 3.05 bits per heavy atom. The van der Waals surface area contributed by atoms with Gasteiger partial charge in [-0.15, -0.1) is 0 Å². The number of anilines is 2. The Balaban J connectivity index is 2.14. The quantitative estimate of drug-likeness (QED) is 0.870. The average Bonchev–Trinajstić information content (AvgIpc) is 2.46. The summed E-state index contributed by atoms with van der Waals surface area (Å²) >= 11 is 0. The van der Waals surface area contributed by atoms with Crippen LogP contribution in [-0.4, -0.2) is 42.9 Å². The molecule has 1 unspecified atom stereocenters. The van der Waals surface area contributed by atoms with Crippen LogP contribution in [0.5, 0.6) is 5.88 Å². The van der Waals surface area contributed by atoms with Crippen LogP contribution < -0.4 is 15.4 Å². The Bertz CT molecular complexity index is 414. The van der Waals surface area contributed by atoms with Crippen LogP contribution in [0.2, 0.25) is 0 Å². The van der Waals surface area contributed by atoms with Crippen LogP contribution in [-0.2, 0) is 4.74 Å². The summed E-state index contributed by atoms with van der Waals surface area (Å²) in [6.45, 7) is 4.41. The van der Waals surface area contributed by atoms with E-state index in [1.165, 1.54) is 6.33 Å². The molecular formula is C13H22N4O2. The van der Waals surface area contributed by atoms with Crippen molar-refractivity contribution in [3.8, 4) is 5.88 Å². The lowest BCUT2D eigenvalue weighted by atomic mass is 10.1. The van der Waals surface area contributed by atoms with Gasteiger partial charge in [0, 0.05) is 20.2 Å². The minimum Gasteiger partial charge on any atom is -0.476 e. The number of hydrogen-bond donors (Lipinski definition) is 1. The van der Waals surface area contributed by atoms with E-state index in [0.29, 0.717) is 18.2 Å². The van der Waals surface area contributed by atoms with Gasteiger partial charge in [-0.3, -0.25) is 0 Å². The van der Waals surface area contributed by atoms with E-state index in [1.807, 2.05) is 6.92 Å². The van der Waals surface area contributed by atoms with Gasteiger partial charge in [0.1, 0.15) is 12.0 Å². The number of nitrogens with zero attached hydrogens (tertiary/aromatic N) is 3. The summed E-state index contributed by atoms with van der Waals surface area (Å²) in [5, 5.41) is 0. The molecule has 0 amide bonds. The van der Waals surface area contributed by atoms with E-state index in [-0.39, 0.29) is 6.10 Å². The lowest BCUT2D eigenvalue weighted by Gasteiger charge is -2.33. The monoisotopic (exact) mass is 266 g/mol. The summed E-state index contributed by atoms with van der Waals surface area (Å²) in [6, 6.07) is 0. The molecule has 1 aromatic rings. The minimum atomic E-state index is 0.239. The molecule has 1 aliphatic rings. The lowest BCUT2D eigenvalue weighted by Crippen LogP contribution is -2.40. The van der Waals surface area contributed by atoms with Gasteiger partial charge in [-0.05, 0) is 19.3 Å². The lowest BCUT2D eigenvalue weighted by molar-refractivity contribution is 0.0891. The van der Waals surface area contributed by atoms with Gasteiger partial charge >= 0.3 is 0 Å². The SMILES string of the molecule is CCCOc1ncnc(N2CCCC(OC)C2)c1N. The highest BCUT2D eigenvalue weighted by molar-refractivity contribution is 5.67. The number of rotatable bonds is 5. The van der Waals surface area contributed by atoms with Crippen molar-refractivity contribution in [2.45, 2.75) is 32.3 Å². The zero-order valence-corrected chi connectivity index (χ0v) is 11.6. The molecule has 19 heavy (non-hydrogen) atoms. The Hall–Kier alpha value is -1.56. The van der Waals surface area contributed by atoms with Crippen LogP contribution in [0, 0.1) is 0 Å². The molecule has 6 heteroatoms. The largest absolute Gasteiger partial charge is 0.476 e. The molecule has 1 fully saturated rings. The highest BCUT2D eigenvalue weighted by Gasteiger charge is 2.23. The number of hydrogen-bond acceptors (Lipinski definition) is 6. The Labute approximate surface area is 113 Å². The number of nitrogen functional groups attached to an aromatic ring is 1. The second-order valence-corrected chi connectivity index (χ2v) is 4.71. The van der Waals surface area contributed by atoms with E-state index in [0.717, 1.165) is 38.2 Å². The standard InChI is InChI=1S/C13H22N4O2/c1-3-7-19-13-11(14)12(15-9-16-13)17-6-4-5-10(8-17)18-2/h9-10H,3-8,14H2,1-2H3. The van der Waals surface area contributed by atoms with Crippen molar-refractivity contribution >= 4 is 11.5 Å². The van der Waals surface area contributed by atoms with Gasteiger partial charge in [-0.25, -0.2) is 4.98 Å². The van der Waals surface area contributed by atoms with Crippen LogP contribution in [0.4, 0.5) is 11.5 Å². The molecular weight excluding hydrogens is 244 g/mol. The second kappa shape index (κ2) is 6.56. The van der Waals surface area contributed by atoms with Gasteiger partial charge in [0.2, 0.25) is 5.88 Å². The van der Waals surface area contributed by atoms with Gasteiger partial charge in [-0.2, -0.15) is 4.98 Å². The molecule has 6 nitrogen and oxygen atoms in total. The third-order valence-electron chi connectivity index (χ3n) is 3.28. The molecule has 0 bridgehead atoms. The second-order valence-electron chi connectivity index (χ2n) is 4.71. The van der Waals surface area contributed by atoms with Crippen molar-refractivity contribution in [2.24, 2.45) is 0 Å². The Morgan fingerprint density at radius 1 is 1.47 bits per heavy atom. The fourth-order valence-corrected chi connectivity index (χ4v) is 2.26. The fraction of sp³-hybridized carbons (Fsp3) is 0.692. The molecule has 106 valence electrons. The molecule has 1 saturated heterocycles. The highest BCUT2D eigenvalue weighted by Crippen LogP contribution is 2.30. The number of piperidine rings is 1. The molecule has 1 aromatic heterocycles. The number of nitrogens with two attached hydrogens (primary N) is 1. The number of aromatic nitrogens is 2. The van der Waals surface area contributed by atoms with Crippen molar-refractivity contribution in [1.82, 2.24) is 9.97 Å². The van der Waals surface area contributed by atoms with E-state index < -0.39 is 0 Å². The van der Waals surface area contributed by atoms with Crippen LogP contribution in [0.15, 0.2) is 6.33 Å². The maximum absolute atomic E-state index is 6.11. The van der Waals surface area contributed by atoms with Crippen LogP contribution >= 0.6 is 0 Å². The summed E-state index contributed by atoms with van der Waals surface area (Å²) in [5.74, 6) is 1.23. The number of ether oxygens (including phenoxy) is 2. The van der Waals surface area contributed by atoms with Gasteiger partial charge in [0.25, 0.3) is 0 Å². The van der Waals surface area contributed by atoms with Gasteiger partial charge < -0.3 is 20.1 Å². The maximum atomic E-state index is 6.11. The number of methoxy groups -OCH3 is 1. The Morgan fingerprint density at radius 2 is 2.32 bits per heavy atom. The molecule has 0 spiro atoms. The smallest absolute Gasteiger partial charge is 0.242 e. The van der Waals surface area contributed by atoms with Crippen molar-refractivity contribution in [2.75, 3.05) is 37.4 Å². The minimum absolute atomic E-state index is 0.239. The van der Waals surface area contributed by atoms with Crippen molar-refractivity contribution < 1.29 is 9.47 Å². The predicted molar refractivity (Wildman–Crippen MR) is 74.5 cm³/mol. The molecule has 0 radical (unpaired) electrons. The Kier molecular flexibility index (Phi) is 4.79. The van der Waals surface area contributed by atoms with E-state index in [9.17, 15) is 0 Å². The van der Waals surface area contributed by atoms with Crippen LogP contribution in [0.1, 0.15) is 26.2 Å². The van der Waals surface area contributed by atoms with Crippen LogP contribution in [0.3, 0.4) is 0 Å². The molecule has 2 heterocycles. The predicted octanol–water partition coefficient (Wildman–Crippen LogP) is 1.46. The van der Waals surface area contributed by atoms with E-state index >= 15 is 0 Å². The molecule has 0 aliphatic carbocycles. The average molecular weight is 266 g/mol. The summed E-state index contributed by atoms with van der Waals surface area (Å²) in [4.78, 5) is 10.5. The zero-order chi connectivity index (χ0) is 13.7. The first-order chi connectivity index (χ1) is 9.26. The first-order valence-corrected chi connectivity index (χ1v) is 6.77. The molecule has 1 aliphatic heterocycles. The van der Waals surface area contributed by atoms with Crippen molar-refractivity contribution in [3.05, 3.63) is 6.33 Å². The summed E-state index contributed by atoms with van der Waals surface area (Å²) in [7, 11) is 1.74. The summed E-state index contributed by atoms with van der Waals surface area (Å²) in [5.41, 5.74) is 6.63. The zero-order valence-electron chi connectivity index (χ0n) is 11.6. The van der Waals surface area contributed by atoms with Gasteiger partial charge in [0.15, 0.2) is 5.82 Å². The topological polar surface area (TPSA) is 73.5 Å². The van der Waals surface area contributed by atoms with Crippen LogP contribution in [0.25, 0.3) is 0 Å². The first-order valence-electron chi connectivity index (χ1n) is 6.77. The molecule has 2 rings (SSSR count). The van der Waals surface area contributed by atoms with E-state index in [4.69, 9.17) is 15.2 Å². The third-order valence-corrected chi connectivity index (χ3v) is 3.28. The van der Waals surface area contributed by atoms with E-state index in [2.05, 4.69) is 14.9 Å². The maximum Gasteiger partial charge on any atom is 0.242 e. The highest BCUT2D eigenvalue weighted by atomic mass is 16.5. The summed E-state index contributed by atoms with van der Waals surface area (Å²) < 4.78 is 11.0. The molecule has 0 aromatic carbocycles. The van der Waals surface area contributed by atoms with Gasteiger partial charge in [0.05, 0.1) is 12.7 Å². The van der Waals surface area contributed by atoms with Crippen molar-refractivity contribution in [3.63, 3.8) is 0 Å². The third kappa shape index (κ3) is 3.26.